The van der Waals surface area contributed by atoms with Crippen molar-refractivity contribution in [2.24, 2.45) is 0 Å². The third-order valence-electron chi connectivity index (χ3n) is 4.04. The van der Waals surface area contributed by atoms with Crippen LogP contribution in [0.5, 0.6) is 0 Å². The molecule has 0 aliphatic heterocycles. The predicted molar refractivity (Wildman–Crippen MR) is 110 cm³/mol. The Morgan fingerprint density at radius 1 is 0.929 bits per heavy atom. The number of nitrogens with zero attached hydrogens (tertiary/aromatic N) is 3. The predicted octanol–water partition coefficient (Wildman–Crippen LogP) is 4.80. The van der Waals surface area contributed by atoms with Crippen molar-refractivity contribution in [3.05, 3.63) is 77.8 Å². The van der Waals surface area contributed by atoms with Gasteiger partial charge in [-0.1, -0.05) is 42.5 Å². The van der Waals surface area contributed by atoms with E-state index in [0.717, 1.165) is 27.5 Å². The Bertz CT molecular complexity index is 1080. The number of thiazole rings is 1. The van der Waals surface area contributed by atoms with E-state index in [-0.39, 0.29) is 5.69 Å². The van der Waals surface area contributed by atoms with Crippen LogP contribution >= 0.6 is 11.3 Å². The van der Waals surface area contributed by atoms with Crippen molar-refractivity contribution in [3.63, 3.8) is 0 Å². The third-order valence-corrected chi connectivity index (χ3v) is 4.93. The number of esters is 1. The molecule has 0 fully saturated rings. The molecule has 2 aromatic heterocycles. The van der Waals surface area contributed by atoms with Crippen LogP contribution in [0.15, 0.2) is 72.1 Å². The van der Waals surface area contributed by atoms with Crippen molar-refractivity contribution >= 4 is 28.8 Å². The van der Waals surface area contributed by atoms with E-state index in [2.05, 4.69) is 37.8 Å². The van der Waals surface area contributed by atoms with Gasteiger partial charge in [0, 0.05) is 22.2 Å². The van der Waals surface area contributed by atoms with E-state index in [1.54, 1.807) is 23.5 Å². The van der Waals surface area contributed by atoms with Crippen LogP contribution in [-0.4, -0.2) is 28.3 Å². The summed E-state index contributed by atoms with van der Waals surface area (Å²) in [7, 11) is 1.31. The lowest BCUT2D eigenvalue weighted by Gasteiger charge is -2.06. The van der Waals surface area contributed by atoms with Crippen molar-refractivity contribution in [2.45, 2.75) is 0 Å². The van der Waals surface area contributed by atoms with Crippen LogP contribution in [0.3, 0.4) is 0 Å². The van der Waals surface area contributed by atoms with Crippen LogP contribution in [0.25, 0.3) is 21.8 Å². The molecule has 0 unspecified atom stereocenters. The second kappa shape index (κ2) is 7.98. The summed E-state index contributed by atoms with van der Waals surface area (Å²) in [5.74, 6) is 0.0296. The minimum atomic E-state index is -0.512. The number of methoxy groups -OCH3 is 1. The molecule has 6 nitrogen and oxygen atoms in total. The molecular formula is C21H16N4O2S. The van der Waals surface area contributed by atoms with Gasteiger partial charge in [0.05, 0.1) is 12.8 Å². The monoisotopic (exact) mass is 388 g/mol. The van der Waals surface area contributed by atoms with E-state index in [9.17, 15) is 4.79 Å². The van der Waals surface area contributed by atoms with Crippen LogP contribution < -0.4 is 5.32 Å². The SMILES string of the molecule is COC(=O)c1ccc(Nc2ccc(-c3csc(-c4ccccc4)n3)cc2)nn1. The van der Waals surface area contributed by atoms with Gasteiger partial charge in [-0.25, -0.2) is 9.78 Å². The highest BCUT2D eigenvalue weighted by Crippen LogP contribution is 2.29. The Labute approximate surface area is 165 Å². The molecule has 2 aromatic carbocycles. The molecular weight excluding hydrogens is 372 g/mol. The zero-order chi connectivity index (χ0) is 19.3. The number of hydrogen-bond donors (Lipinski definition) is 1. The van der Waals surface area contributed by atoms with E-state index in [0.29, 0.717) is 5.82 Å². The number of nitrogens with one attached hydrogen (secondary N) is 1. The average Bonchev–Trinajstić information content (AvgIpc) is 3.25. The minimum absolute atomic E-state index is 0.168. The standard InChI is InChI=1S/C21H16N4O2S/c1-27-21(26)17-11-12-19(25-24-17)22-16-9-7-14(8-10-16)18-13-28-20(23-18)15-5-3-2-4-6-15/h2-13H,1H3,(H,22,25). The number of anilines is 2. The van der Waals surface area contributed by atoms with E-state index in [1.807, 2.05) is 42.5 Å². The smallest absolute Gasteiger partial charge is 0.358 e. The molecule has 0 saturated carbocycles. The van der Waals surface area contributed by atoms with Crippen LogP contribution in [0, 0.1) is 0 Å². The van der Waals surface area contributed by atoms with Gasteiger partial charge in [-0.15, -0.1) is 21.5 Å². The number of hydrogen-bond acceptors (Lipinski definition) is 7. The molecule has 0 atom stereocenters. The van der Waals surface area contributed by atoms with Gasteiger partial charge >= 0.3 is 5.97 Å². The number of carbonyl (C=O) groups is 1. The zero-order valence-electron chi connectivity index (χ0n) is 15.0. The van der Waals surface area contributed by atoms with E-state index in [1.165, 1.54) is 7.11 Å². The van der Waals surface area contributed by atoms with Crippen LogP contribution in [-0.2, 0) is 4.74 Å². The van der Waals surface area contributed by atoms with Gasteiger partial charge in [0.15, 0.2) is 11.5 Å². The maximum Gasteiger partial charge on any atom is 0.358 e. The molecule has 0 radical (unpaired) electrons. The second-order valence-corrected chi connectivity index (χ2v) is 6.76. The maximum atomic E-state index is 11.4. The Kier molecular flexibility index (Phi) is 5.07. The first-order valence-electron chi connectivity index (χ1n) is 8.53. The fourth-order valence-electron chi connectivity index (χ4n) is 2.60. The molecule has 28 heavy (non-hydrogen) atoms. The normalized spacial score (nSPS) is 10.5. The number of carbonyl (C=O) groups excluding carboxylic acids is 1. The molecule has 4 aromatic rings. The second-order valence-electron chi connectivity index (χ2n) is 5.90. The van der Waals surface area contributed by atoms with Gasteiger partial charge < -0.3 is 10.1 Å². The summed E-state index contributed by atoms with van der Waals surface area (Å²) in [6.45, 7) is 0. The van der Waals surface area contributed by atoms with Crippen LogP contribution in [0.2, 0.25) is 0 Å². The summed E-state index contributed by atoms with van der Waals surface area (Å²) in [5.41, 5.74) is 4.13. The van der Waals surface area contributed by atoms with E-state index >= 15 is 0 Å². The van der Waals surface area contributed by atoms with Gasteiger partial charge in [0.25, 0.3) is 0 Å². The lowest BCUT2D eigenvalue weighted by molar-refractivity contribution is 0.0593. The largest absolute Gasteiger partial charge is 0.464 e. The molecule has 0 spiro atoms. The molecule has 0 aliphatic rings. The first-order chi connectivity index (χ1) is 13.7. The third kappa shape index (κ3) is 3.89. The highest BCUT2D eigenvalue weighted by molar-refractivity contribution is 7.13. The Balaban J connectivity index is 1.47. The summed E-state index contributed by atoms with van der Waals surface area (Å²) in [6, 6.07) is 21.3. The topological polar surface area (TPSA) is 77.0 Å². The highest BCUT2D eigenvalue weighted by Gasteiger charge is 2.09. The highest BCUT2D eigenvalue weighted by atomic mass is 32.1. The van der Waals surface area contributed by atoms with Gasteiger partial charge in [0.1, 0.15) is 5.01 Å². The Morgan fingerprint density at radius 3 is 2.39 bits per heavy atom. The fourth-order valence-corrected chi connectivity index (χ4v) is 3.44. The number of ether oxygens (including phenoxy) is 1. The summed E-state index contributed by atoms with van der Waals surface area (Å²) in [6.07, 6.45) is 0. The van der Waals surface area contributed by atoms with Crippen molar-refractivity contribution in [3.8, 4) is 21.8 Å². The molecule has 0 aliphatic carbocycles. The fraction of sp³-hybridized carbons (Fsp3) is 0.0476. The average molecular weight is 388 g/mol. The Hall–Kier alpha value is -3.58. The van der Waals surface area contributed by atoms with Crippen molar-refractivity contribution in [2.75, 3.05) is 12.4 Å². The minimum Gasteiger partial charge on any atom is -0.464 e. The molecule has 0 amide bonds. The van der Waals surface area contributed by atoms with Crippen LogP contribution in [0.4, 0.5) is 11.5 Å². The first kappa shape index (κ1) is 17.8. The van der Waals surface area contributed by atoms with E-state index in [4.69, 9.17) is 4.98 Å². The van der Waals surface area contributed by atoms with E-state index < -0.39 is 5.97 Å². The Morgan fingerprint density at radius 2 is 1.71 bits per heavy atom. The molecule has 0 saturated heterocycles. The van der Waals surface area contributed by atoms with Gasteiger partial charge in [-0.3, -0.25) is 0 Å². The summed E-state index contributed by atoms with van der Waals surface area (Å²) >= 11 is 1.63. The quantitative estimate of drug-likeness (QED) is 0.495. The molecule has 4 rings (SSSR count). The number of rotatable bonds is 5. The van der Waals surface area contributed by atoms with Crippen molar-refractivity contribution in [1.82, 2.24) is 15.2 Å². The number of aromatic nitrogens is 3. The molecule has 7 heteroatoms. The molecule has 1 N–H and O–H groups in total. The van der Waals surface area contributed by atoms with Crippen LogP contribution in [0.1, 0.15) is 10.5 Å². The molecule has 0 bridgehead atoms. The molecule has 138 valence electrons. The summed E-state index contributed by atoms with van der Waals surface area (Å²) < 4.78 is 4.61. The van der Waals surface area contributed by atoms with Gasteiger partial charge in [-0.05, 0) is 24.3 Å². The van der Waals surface area contributed by atoms with Gasteiger partial charge in [-0.2, -0.15) is 0 Å². The number of benzene rings is 2. The lowest BCUT2D eigenvalue weighted by atomic mass is 10.1. The summed E-state index contributed by atoms with van der Waals surface area (Å²) in [4.78, 5) is 16.1. The molecule has 2 heterocycles. The zero-order valence-corrected chi connectivity index (χ0v) is 15.8. The van der Waals surface area contributed by atoms with Crippen molar-refractivity contribution in [1.29, 1.82) is 0 Å². The first-order valence-corrected chi connectivity index (χ1v) is 9.41. The summed E-state index contributed by atoms with van der Waals surface area (Å²) in [5, 5.41) is 14.0. The van der Waals surface area contributed by atoms with Crippen molar-refractivity contribution < 1.29 is 9.53 Å². The lowest BCUT2D eigenvalue weighted by Crippen LogP contribution is -2.06. The maximum absolute atomic E-state index is 11.4. The van der Waals surface area contributed by atoms with Gasteiger partial charge in [0.2, 0.25) is 0 Å².